The molecule has 1 amide bonds. The minimum absolute atomic E-state index is 0.165. The molecule has 0 saturated heterocycles. The van der Waals surface area contributed by atoms with Crippen LogP contribution < -0.4 is 11.1 Å². The van der Waals surface area contributed by atoms with Crippen LogP contribution in [0, 0.1) is 5.92 Å². The number of amides is 1. The van der Waals surface area contributed by atoms with Gasteiger partial charge in [0.15, 0.2) is 0 Å². The molecule has 0 aliphatic carbocycles. The summed E-state index contributed by atoms with van der Waals surface area (Å²) < 4.78 is 5.25. The zero-order chi connectivity index (χ0) is 16.1. The van der Waals surface area contributed by atoms with Gasteiger partial charge in [0.2, 0.25) is 5.78 Å². The van der Waals surface area contributed by atoms with E-state index in [-0.39, 0.29) is 5.92 Å². The van der Waals surface area contributed by atoms with Crippen molar-refractivity contribution in [1.29, 1.82) is 0 Å². The molecule has 0 heterocycles. The van der Waals surface area contributed by atoms with Gasteiger partial charge in [-0.2, -0.15) is 0 Å². The van der Waals surface area contributed by atoms with Crippen molar-refractivity contribution in [3.63, 3.8) is 0 Å². The Bertz CT molecular complexity index is 370. The van der Waals surface area contributed by atoms with Crippen LogP contribution in [0.4, 0.5) is 0 Å². The molecule has 3 N–H and O–H groups in total. The van der Waals surface area contributed by atoms with Gasteiger partial charge in [-0.25, -0.2) is 4.79 Å². The molecule has 0 aliphatic heterocycles. The van der Waals surface area contributed by atoms with E-state index in [1.54, 1.807) is 20.8 Å². The lowest BCUT2D eigenvalue weighted by atomic mass is 10.0. The monoisotopic (exact) mass is 286 g/mol. The largest absolute Gasteiger partial charge is 0.458 e. The first-order valence-electron chi connectivity index (χ1n) is 6.77. The SMILES string of the molecule is CC(C)C[C@H](NC(=O)C(=O)[C@H](C)N)C(=O)OC(C)(C)C. The lowest BCUT2D eigenvalue weighted by Gasteiger charge is -2.25. The first kappa shape index (κ1) is 18.6. The molecule has 0 rings (SSSR count). The highest BCUT2D eigenvalue weighted by atomic mass is 16.6. The summed E-state index contributed by atoms with van der Waals surface area (Å²) in [4.78, 5) is 35.2. The van der Waals surface area contributed by atoms with E-state index in [2.05, 4.69) is 5.32 Å². The summed E-state index contributed by atoms with van der Waals surface area (Å²) in [5, 5.41) is 2.41. The van der Waals surface area contributed by atoms with Crippen LogP contribution >= 0.6 is 0 Å². The van der Waals surface area contributed by atoms with Crippen LogP contribution in [-0.2, 0) is 19.1 Å². The molecular formula is C14H26N2O4. The molecule has 0 radical (unpaired) electrons. The number of nitrogens with two attached hydrogens (primary N) is 1. The summed E-state index contributed by atoms with van der Waals surface area (Å²) in [6.07, 6.45) is 0.396. The highest BCUT2D eigenvalue weighted by molar-refractivity contribution is 6.38. The second kappa shape index (κ2) is 7.38. The zero-order valence-corrected chi connectivity index (χ0v) is 13.1. The molecule has 0 aromatic carbocycles. The van der Waals surface area contributed by atoms with Gasteiger partial charge in [-0.05, 0) is 40.0 Å². The van der Waals surface area contributed by atoms with E-state index in [1.165, 1.54) is 6.92 Å². The maximum atomic E-state index is 12.0. The van der Waals surface area contributed by atoms with E-state index in [1.807, 2.05) is 13.8 Å². The minimum Gasteiger partial charge on any atom is -0.458 e. The maximum Gasteiger partial charge on any atom is 0.329 e. The highest BCUT2D eigenvalue weighted by Gasteiger charge is 2.29. The smallest absolute Gasteiger partial charge is 0.329 e. The van der Waals surface area contributed by atoms with Crippen molar-refractivity contribution >= 4 is 17.7 Å². The number of carbonyl (C=O) groups is 3. The molecule has 0 aromatic rings. The normalized spacial score (nSPS) is 14.6. The molecule has 0 bridgehead atoms. The Hall–Kier alpha value is -1.43. The Balaban J connectivity index is 4.85. The Labute approximate surface area is 120 Å². The average molecular weight is 286 g/mol. The predicted octanol–water partition coefficient (Wildman–Crippen LogP) is 0.775. The Morgan fingerprint density at radius 2 is 1.65 bits per heavy atom. The number of carbonyl (C=O) groups excluding carboxylic acids is 3. The molecule has 0 aromatic heterocycles. The molecule has 6 heteroatoms. The van der Waals surface area contributed by atoms with Crippen molar-refractivity contribution in [2.75, 3.05) is 0 Å². The number of rotatable bonds is 6. The topological polar surface area (TPSA) is 98.5 Å². The number of hydrogen-bond donors (Lipinski definition) is 2. The van der Waals surface area contributed by atoms with Crippen molar-refractivity contribution < 1.29 is 19.1 Å². The standard InChI is InChI=1S/C14H26N2O4/c1-8(2)7-10(13(19)20-14(4,5)6)16-12(18)11(17)9(3)15/h8-10H,7,15H2,1-6H3,(H,16,18)/t9-,10-/m0/s1. The van der Waals surface area contributed by atoms with Crippen LogP contribution in [0.3, 0.4) is 0 Å². The van der Waals surface area contributed by atoms with E-state index >= 15 is 0 Å². The third-order valence-corrected chi connectivity index (χ3v) is 2.34. The zero-order valence-electron chi connectivity index (χ0n) is 13.1. The first-order valence-corrected chi connectivity index (χ1v) is 6.77. The fourth-order valence-electron chi connectivity index (χ4n) is 1.49. The van der Waals surface area contributed by atoms with E-state index in [0.717, 1.165) is 0 Å². The van der Waals surface area contributed by atoms with Crippen LogP contribution in [0.2, 0.25) is 0 Å². The van der Waals surface area contributed by atoms with Gasteiger partial charge >= 0.3 is 5.97 Å². The molecule has 116 valence electrons. The van der Waals surface area contributed by atoms with Crippen molar-refractivity contribution in [3.05, 3.63) is 0 Å². The molecule has 0 unspecified atom stereocenters. The maximum absolute atomic E-state index is 12.0. The number of ether oxygens (including phenoxy) is 1. The van der Waals surface area contributed by atoms with Crippen LogP contribution in [0.25, 0.3) is 0 Å². The summed E-state index contributed by atoms with van der Waals surface area (Å²) in [6.45, 7) is 10.5. The van der Waals surface area contributed by atoms with Gasteiger partial charge < -0.3 is 15.8 Å². The lowest BCUT2D eigenvalue weighted by molar-refractivity contribution is -0.159. The molecular weight excluding hydrogens is 260 g/mol. The van der Waals surface area contributed by atoms with Gasteiger partial charge in [-0.1, -0.05) is 13.8 Å². The summed E-state index contributed by atoms with van der Waals surface area (Å²) in [5.74, 6) is -1.98. The number of Topliss-reactive ketones (excluding diaryl/α,β-unsaturated/α-hetero) is 1. The van der Waals surface area contributed by atoms with E-state index in [0.29, 0.717) is 6.42 Å². The molecule has 0 aliphatic rings. The Morgan fingerprint density at radius 3 is 2.00 bits per heavy atom. The molecule has 6 nitrogen and oxygen atoms in total. The summed E-state index contributed by atoms with van der Waals surface area (Å²) in [6, 6.07) is -1.74. The van der Waals surface area contributed by atoms with E-state index in [9.17, 15) is 14.4 Å². The first-order chi connectivity index (χ1) is 8.94. The number of esters is 1. The minimum atomic E-state index is -0.895. The van der Waals surface area contributed by atoms with Gasteiger partial charge in [-0.15, -0.1) is 0 Å². The third-order valence-electron chi connectivity index (χ3n) is 2.34. The predicted molar refractivity (Wildman–Crippen MR) is 75.9 cm³/mol. The van der Waals surface area contributed by atoms with Crippen molar-refractivity contribution in [2.45, 2.75) is 65.6 Å². The van der Waals surface area contributed by atoms with Crippen LogP contribution in [0.5, 0.6) is 0 Å². The summed E-state index contributed by atoms with van der Waals surface area (Å²) in [5.41, 5.74) is 4.71. The van der Waals surface area contributed by atoms with Crippen LogP contribution in [0.15, 0.2) is 0 Å². The number of ketones is 1. The molecule has 0 spiro atoms. The highest BCUT2D eigenvalue weighted by Crippen LogP contribution is 2.12. The van der Waals surface area contributed by atoms with E-state index < -0.39 is 35.3 Å². The molecule has 0 fully saturated rings. The lowest BCUT2D eigenvalue weighted by Crippen LogP contribution is -2.50. The van der Waals surface area contributed by atoms with Crippen molar-refractivity contribution in [2.24, 2.45) is 11.7 Å². The second-order valence-corrected chi connectivity index (χ2v) is 6.34. The average Bonchev–Trinajstić information content (AvgIpc) is 2.23. The van der Waals surface area contributed by atoms with Gasteiger partial charge in [0.1, 0.15) is 11.6 Å². The van der Waals surface area contributed by atoms with Crippen LogP contribution in [0.1, 0.15) is 48.0 Å². The van der Waals surface area contributed by atoms with Crippen LogP contribution in [-0.4, -0.2) is 35.3 Å². The summed E-state index contributed by atoms with van der Waals surface area (Å²) >= 11 is 0. The van der Waals surface area contributed by atoms with Gasteiger partial charge in [0.25, 0.3) is 5.91 Å². The van der Waals surface area contributed by atoms with Crippen molar-refractivity contribution in [3.8, 4) is 0 Å². The summed E-state index contributed by atoms with van der Waals surface area (Å²) in [7, 11) is 0. The Kier molecular flexibility index (Phi) is 6.85. The quantitative estimate of drug-likeness (QED) is 0.555. The fraction of sp³-hybridized carbons (Fsp3) is 0.786. The van der Waals surface area contributed by atoms with Gasteiger partial charge in [0.05, 0.1) is 6.04 Å². The second-order valence-electron chi connectivity index (χ2n) is 6.34. The van der Waals surface area contributed by atoms with Gasteiger partial charge in [0, 0.05) is 0 Å². The molecule has 2 atom stereocenters. The van der Waals surface area contributed by atoms with E-state index in [4.69, 9.17) is 10.5 Å². The molecule has 0 saturated carbocycles. The fourth-order valence-corrected chi connectivity index (χ4v) is 1.49. The van der Waals surface area contributed by atoms with Crippen molar-refractivity contribution in [1.82, 2.24) is 5.32 Å². The number of hydrogen-bond acceptors (Lipinski definition) is 5. The number of nitrogens with one attached hydrogen (secondary N) is 1. The Morgan fingerprint density at radius 1 is 1.15 bits per heavy atom. The van der Waals surface area contributed by atoms with Gasteiger partial charge in [-0.3, -0.25) is 9.59 Å². The molecule has 20 heavy (non-hydrogen) atoms. The third kappa shape index (κ3) is 7.23.